The van der Waals surface area contributed by atoms with E-state index < -0.39 is 0 Å². The van der Waals surface area contributed by atoms with E-state index in [0.717, 1.165) is 21.4 Å². The first kappa shape index (κ1) is 13.2. The molecule has 0 aliphatic heterocycles. The molecule has 0 unspecified atom stereocenters. The molecule has 0 aliphatic rings. The molecule has 0 spiro atoms. The second-order valence-corrected chi connectivity index (χ2v) is 5.62. The number of halogens is 2. The Morgan fingerprint density at radius 3 is 2.55 bits per heavy atom. The van der Waals surface area contributed by atoms with Gasteiger partial charge in [-0.05, 0) is 30.3 Å². The maximum atomic E-state index is 6.05. The molecule has 0 radical (unpaired) electrons. The number of benzene rings is 2. The fourth-order valence-corrected chi connectivity index (χ4v) is 2.62. The highest BCUT2D eigenvalue weighted by Gasteiger charge is 2.11. The van der Waals surface area contributed by atoms with Gasteiger partial charge in [-0.15, -0.1) is 0 Å². The van der Waals surface area contributed by atoms with Crippen LogP contribution in [-0.2, 0) is 0 Å². The van der Waals surface area contributed by atoms with E-state index >= 15 is 0 Å². The van der Waals surface area contributed by atoms with Crippen LogP contribution in [-0.4, -0.2) is 9.78 Å². The van der Waals surface area contributed by atoms with Gasteiger partial charge in [0, 0.05) is 21.1 Å². The first-order valence-electron chi connectivity index (χ1n) is 6.01. The van der Waals surface area contributed by atoms with Gasteiger partial charge in [0.2, 0.25) is 0 Å². The summed E-state index contributed by atoms with van der Waals surface area (Å²) in [4.78, 5) is 0. The van der Waals surface area contributed by atoms with Gasteiger partial charge in [0.25, 0.3) is 0 Å². The van der Waals surface area contributed by atoms with Crippen LogP contribution in [0.25, 0.3) is 16.9 Å². The zero-order valence-electron chi connectivity index (χ0n) is 10.4. The molecule has 100 valence electrons. The van der Waals surface area contributed by atoms with Crippen molar-refractivity contribution < 1.29 is 0 Å². The molecule has 2 aromatic carbocycles. The number of rotatable bonds is 2. The molecule has 0 saturated heterocycles. The molecule has 1 heterocycles. The van der Waals surface area contributed by atoms with Crippen molar-refractivity contribution in [3.63, 3.8) is 0 Å². The van der Waals surface area contributed by atoms with E-state index in [9.17, 15) is 0 Å². The highest BCUT2D eigenvalue weighted by molar-refractivity contribution is 9.10. The number of nitrogens with two attached hydrogens (primary N) is 1. The number of aromatic nitrogens is 2. The normalized spacial score (nSPS) is 10.7. The summed E-state index contributed by atoms with van der Waals surface area (Å²) in [7, 11) is 0. The molecule has 0 aliphatic carbocycles. The van der Waals surface area contributed by atoms with Crippen molar-refractivity contribution in [2.75, 3.05) is 5.73 Å². The summed E-state index contributed by atoms with van der Waals surface area (Å²) >= 11 is 9.55. The maximum absolute atomic E-state index is 6.05. The van der Waals surface area contributed by atoms with E-state index in [2.05, 4.69) is 21.0 Å². The summed E-state index contributed by atoms with van der Waals surface area (Å²) in [6, 6.07) is 17.2. The molecule has 3 aromatic rings. The van der Waals surface area contributed by atoms with Crippen LogP contribution in [0.4, 0.5) is 5.82 Å². The summed E-state index contributed by atoms with van der Waals surface area (Å²) in [5.41, 5.74) is 8.67. The third kappa shape index (κ3) is 2.44. The Morgan fingerprint density at radius 1 is 1.05 bits per heavy atom. The molecule has 0 fully saturated rings. The topological polar surface area (TPSA) is 43.8 Å². The van der Waals surface area contributed by atoms with E-state index in [1.165, 1.54) is 0 Å². The van der Waals surface area contributed by atoms with Crippen molar-refractivity contribution in [1.82, 2.24) is 9.78 Å². The van der Waals surface area contributed by atoms with Gasteiger partial charge in [-0.1, -0.05) is 45.7 Å². The summed E-state index contributed by atoms with van der Waals surface area (Å²) < 4.78 is 2.64. The number of nitrogen functional groups attached to an aromatic ring is 1. The number of anilines is 1. The van der Waals surface area contributed by atoms with Crippen molar-refractivity contribution in [3.8, 4) is 16.9 Å². The van der Waals surface area contributed by atoms with E-state index in [0.29, 0.717) is 10.8 Å². The van der Waals surface area contributed by atoms with Gasteiger partial charge in [-0.2, -0.15) is 5.10 Å². The fourth-order valence-electron chi connectivity index (χ4n) is 2.00. The lowest BCUT2D eigenvalue weighted by molar-refractivity contribution is 0.895. The van der Waals surface area contributed by atoms with Crippen LogP contribution < -0.4 is 5.73 Å². The van der Waals surface area contributed by atoms with Crippen LogP contribution in [0.1, 0.15) is 0 Å². The molecule has 20 heavy (non-hydrogen) atoms. The number of nitrogens with zero attached hydrogens (tertiary/aromatic N) is 2. The molecule has 1 aromatic heterocycles. The molecule has 0 atom stereocenters. The van der Waals surface area contributed by atoms with Gasteiger partial charge < -0.3 is 5.73 Å². The minimum absolute atomic E-state index is 0.582. The quantitative estimate of drug-likeness (QED) is 0.739. The van der Waals surface area contributed by atoms with Crippen LogP contribution in [0.15, 0.2) is 59.1 Å². The van der Waals surface area contributed by atoms with E-state index in [4.69, 9.17) is 17.3 Å². The average Bonchev–Trinajstić information content (AvgIpc) is 2.84. The van der Waals surface area contributed by atoms with Crippen LogP contribution >= 0.6 is 27.5 Å². The summed E-state index contributed by atoms with van der Waals surface area (Å²) in [6.07, 6.45) is 0. The van der Waals surface area contributed by atoms with E-state index in [1.54, 1.807) is 4.68 Å². The van der Waals surface area contributed by atoms with Gasteiger partial charge in [0.1, 0.15) is 5.82 Å². The zero-order valence-corrected chi connectivity index (χ0v) is 12.8. The summed E-state index contributed by atoms with van der Waals surface area (Å²) in [6.45, 7) is 0. The standard InChI is InChI=1S/C15H11BrClN3/c16-13-7-6-10(17)8-12(13)14-9-15(18)20(19-14)11-4-2-1-3-5-11/h1-9H,18H2. The zero-order chi connectivity index (χ0) is 14.1. The molecule has 3 rings (SSSR count). The Balaban J connectivity index is 2.11. The highest BCUT2D eigenvalue weighted by atomic mass is 79.9. The first-order valence-corrected chi connectivity index (χ1v) is 7.18. The van der Waals surface area contributed by atoms with Gasteiger partial charge in [-0.25, -0.2) is 4.68 Å². The molecular formula is C15H11BrClN3. The SMILES string of the molecule is Nc1cc(-c2cc(Cl)ccc2Br)nn1-c1ccccc1. The number of hydrogen-bond acceptors (Lipinski definition) is 2. The fraction of sp³-hybridized carbons (Fsp3) is 0. The summed E-state index contributed by atoms with van der Waals surface area (Å²) in [5, 5.41) is 5.22. The van der Waals surface area contributed by atoms with Gasteiger partial charge in [0.15, 0.2) is 0 Å². The van der Waals surface area contributed by atoms with Crippen LogP contribution in [0.2, 0.25) is 5.02 Å². The van der Waals surface area contributed by atoms with Crippen molar-refractivity contribution >= 4 is 33.3 Å². The summed E-state index contributed by atoms with van der Waals surface area (Å²) in [5.74, 6) is 0.582. The minimum atomic E-state index is 0.582. The van der Waals surface area contributed by atoms with Gasteiger partial charge in [-0.3, -0.25) is 0 Å². The second-order valence-electron chi connectivity index (χ2n) is 4.33. The smallest absolute Gasteiger partial charge is 0.127 e. The maximum Gasteiger partial charge on any atom is 0.127 e. The third-order valence-electron chi connectivity index (χ3n) is 2.94. The van der Waals surface area contributed by atoms with Crippen LogP contribution in [0, 0.1) is 0 Å². The number of hydrogen-bond donors (Lipinski definition) is 1. The minimum Gasteiger partial charge on any atom is -0.384 e. The van der Waals surface area contributed by atoms with Crippen molar-refractivity contribution in [3.05, 3.63) is 64.1 Å². The lowest BCUT2D eigenvalue weighted by atomic mass is 10.1. The first-order chi connectivity index (χ1) is 9.65. The van der Waals surface area contributed by atoms with Crippen molar-refractivity contribution in [2.45, 2.75) is 0 Å². The Bertz CT molecular complexity index is 753. The predicted molar refractivity (Wildman–Crippen MR) is 86.1 cm³/mol. The van der Waals surface area contributed by atoms with E-state index in [1.807, 2.05) is 54.6 Å². The Hall–Kier alpha value is -1.78. The van der Waals surface area contributed by atoms with Gasteiger partial charge in [0.05, 0.1) is 11.4 Å². The Morgan fingerprint density at radius 2 is 1.80 bits per heavy atom. The van der Waals surface area contributed by atoms with Crippen molar-refractivity contribution in [1.29, 1.82) is 0 Å². The van der Waals surface area contributed by atoms with Crippen LogP contribution in [0.5, 0.6) is 0 Å². The molecule has 2 N–H and O–H groups in total. The van der Waals surface area contributed by atoms with Crippen LogP contribution in [0.3, 0.4) is 0 Å². The van der Waals surface area contributed by atoms with E-state index in [-0.39, 0.29) is 0 Å². The molecule has 0 saturated carbocycles. The third-order valence-corrected chi connectivity index (χ3v) is 3.87. The molecule has 0 amide bonds. The molecule has 0 bridgehead atoms. The molecule has 5 heteroatoms. The monoisotopic (exact) mass is 347 g/mol. The van der Waals surface area contributed by atoms with Crippen molar-refractivity contribution in [2.24, 2.45) is 0 Å². The highest BCUT2D eigenvalue weighted by Crippen LogP contribution is 2.31. The molecular weight excluding hydrogens is 338 g/mol. The lowest BCUT2D eigenvalue weighted by Crippen LogP contribution is -2.01. The Labute approximate surface area is 130 Å². The predicted octanol–water partition coefficient (Wildman–Crippen LogP) is 4.54. The largest absolute Gasteiger partial charge is 0.384 e. The average molecular weight is 349 g/mol. The lowest BCUT2D eigenvalue weighted by Gasteiger charge is -2.03. The Kier molecular flexibility index (Phi) is 3.51. The molecule has 3 nitrogen and oxygen atoms in total. The number of para-hydroxylation sites is 1. The second kappa shape index (κ2) is 5.31. The van der Waals surface area contributed by atoms with Gasteiger partial charge >= 0.3 is 0 Å².